The van der Waals surface area contributed by atoms with E-state index in [-0.39, 0.29) is 23.9 Å². The molecule has 0 aromatic carbocycles. The molecule has 0 bridgehead atoms. The van der Waals surface area contributed by atoms with E-state index in [4.69, 9.17) is 0 Å². The molecule has 1 amide bonds. The standard InChI is InChI=1S/C11H15BrN2OS.ClH/c1-11(4-6-13-7-5-11)14-10(15)8-2-3-9(12)16-8;/h2-3,13H,4-7H2,1H3,(H,14,15);1H. The Kier molecular flexibility index (Phi) is 5.44. The molecule has 0 atom stereocenters. The Balaban J connectivity index is 0.00000144. The second-order valence-corrected chi connectivity index (χ2v) is 6.83. The molecule has 0 saturated carbocycles. The van der Waals surface area contributed by atoms with Gasteiger partial charge < -0.3 is 10.6 Å². The van der Waals surface area contributed by atoms with Gasteiger partial charge in [-0.25, -0.2) is 0 Å². The van der Waals surface area contributed by atoms with Crippen LogP contribution in [0.2, 0.25) is 0 Å². The first-order valence-corrected chi connectivity index (χ1v) is 6.99. The van der Waals surface area contributed by atoms with Crippen LogP contribution in [0.5, 0.6) is 0 Å². The SMILES string of the molecule is CC1(NC(=O)c2ccc(Br)s2)CCNCC1.Cl. The molecular formula is C11H16BrClN2OS. The van der Waals surface area contributed by atoms with Crippen molar-refractivity contribution in [2.24, 2.45) is 0 Å². The zero-order valence-electron chi connectivity index (χ0n) is 9.59. The molecule has 1 aliphatic heterocycles. The van der Waals surface area contributed by atoms with E-state index < -0.39 is 0 Å². The van der Waals surface area contributed by atoms with Crippen LogP contribution in [0, 0.1) is 0 Å². The Morgan fingerprint density at radius 3 is 2.65 bits per heavy atom. The van der Waals surface area contributed by atoms with Crippen molar-refractivity contribution in [3.05, 3.63) is 20.8 Å². The first-order chi connectivity index (χ1) is 7.59. The molecule has 0 radical (unpaired) electrons. The molecule has 1 fully saturated rings. The predicted molar refractivity (Wildman–Crippen MR) is 77.2 cm³/mol. The fraction of sp³-hybridized carbons (Fsp3) is 0.545. The number of nitrogens with one attached hydrogen (secondary N) is 2. The van der Waals surface area contributed by atoms with Gasteiger partial charge in [-0.3, -0.25) is 4.79 Å². The van der Waals surface area contributed by atoms with Gasteiger partial charge in [0, 0.05) is 5.54 Å². The first kappa shape index (κ1) is 15.0. The molecular weight excluding hydrogens is 324 g/mol. The summed E-state index contributed by atoms with van der Waals surface area (Å²) in [5.74, 6) is 0.0418. The number of carbonyl (C=O) groups is 1. The number of carbonyl (C=O) groups excluding carboxylic acids is 1. The van der Waals surface area contributed by atoms with Gasteiger partial charge in [0.2, 0.25) is 0 Å². The fourth-order valence-electron chi connectivity index (χ4n) is 1.88. The lowest BCUT2D eigenvalue weighted by Crippen LogP contribution is -2.52. The third kappa shape index (κ3) is 3.95. The van der Waals surface area contributed by atoms with E-state index in [2.05, 4.69) is 33.5 Å². The average molecular weight is 340 g/mol. The van der Waals surface area contributed by atoms with E-state index in [0.29, 0.717) is 0 Å². The van der Waals surface area contributed by atoms with Crippen LogP contribution in [0.25, 0.3) is 0 Å². The minimum Gasteiger partial charge on any atom is -0.346 e. The van der Waals surface area contributed by atoms with Crippen LogP contribution in [0.1, 0.15) is 29.4 Å². The number of thiophene rings is 1. The normalized spacial score (nSPS) is 18.2. The molecule has 0 aliphatic carbocycles. The number of piperidine rings is 1. The molecule has 1 aromatic heterocycles. The van der Waals surface area contributed by atoms with Gasteiger partial charge in [-0.2, -0.15) is 0 Å². The van der Waals surface area contributed by atoms with Crippen molar-refractivity contribution >= 4 is 45.6 Å². The fourth-order valence-corrected chi connectivity index (χ4v) is 3.16. The number of rotatable bonds is 2. The zero-order chi connectivity index (χ0) is 11.6. The molecule has 2 heterocycles. The van der Waals surface area contributed by atoms with E-state index in [9.17, 15) is 4.79 Å². The Bertz CT molecular complexity index is 391. The molecule has 1 aromatic rings. The van der Waals surface area contributed by atoms with Crippen LogP contribution < -0.4 is 10.6 Å². The summed E-state index contributed by atoms with van der Waals surface area (Å²) < 4.78 is 0.994. The van der Waals surface area contributed by atoms with Crippen molar-refractivity contribution in [2.45, 2.75) is 25.3 Å². The summed E-state index contributed by atoms with van der Waals surface area (Å²) in [6.07, 6.45) is 1.98. The molecule has 1 saturated heterocycles. The van der Waals surface area contributed by atoms with Crippen LogP contribution in [-0.4, -0.2) is 24.5 Å². The van der Waals surface area contributed by atoms with Crippen molar-refractivity contribution in [1.82, 2.24) is 10.6 Å². The zero-order valence-corrected chi connectivity index (χ0v) is 12.8. The number of hydrogen-bond donors (Lipinski definition) is 2. The van der Waals surface area contributed by atoms with E-state index in [0.717, 1.165) is 34.6 Å². The summed E-state index contributed by atoms with van der Waals surface area (Å²) in [5, 5.41) is 6.44. The lowest BCUT2D eigenvalue weighted by molar-refractivity contribution is 0.0892. The molecule has 3 nitrogen and oxygen atoms in total. The van der Waals surface area contributed by atoms with E-state index in [1.54, 1.807) is 0 Å². The quantitative estimate of drug-likeness (QED) is 0.870. The highest BCUT2D eigenvalue weighted by Gasteiger charge is 2.28. The molecule has 2 N–H and O–H groups in total. The maximum absolute atomic E-state index is 12.0. The molecule has 1 aliphatic rings. The first-order valence-electron chi connectivity index (χ1n) is 5.38. The van der Waals surface area contributed by atoms with Gasteiger partial charge in [0.1, 0.15) is 0 Å². The van der Waals surface area contributed by atoms with Crippen molar-refractivity contribution in [3.63, 3.8) is 0 Å². The number of halogens is 2. The maximum atomic E-state index is 12.0. The third-order valence-corrected chi connectivity index (χ3v) is 4.54. The monoisotopic (exact) mass is 338 g/mol. The van der Waals surface area contributed by atoms with E-state index in [1.807, 2.05) is 12.1 Å². The largest absolute Gasteiger partial charge is 0.346 e. The van der Waals surface area contributed by atoms with Gasteiger partial charge in [0.15, 0.2) is 0 Å². The Labute approximate surface area is 120 Å². The summed E-state index contributed by atoms with van der Waals surface area (Å²) in [6.45, 7) is 4.07. The van der Waals surface area contributed by atoms with E-state index in [1.165, 1.54) is 11.3 Å². The lowest BCUT2D eigenvalue weighted by atomic mass is 9.90. The topological polar surface area (TPSA) is 41.1 Å². The predicted octanol–water partition coefficient (Wildman–Crippen LogP) is 2.80. The summed E-state index contributed by atoms with van der Waals surface area (Å²) in [5.41, 5.74) is -0.0567. The van der Waals surface area contributed by atoms with Crippen LogP contribution in [0.15, 0.2) is 15.9 Å². The average Bonchev–Trinajstić information content (AvgIpc) is 2.65. The van der Waals surface area contributed by atoms with Crippen LogP contribution in [0.3, 0.4) is 0 Å². The maximum Gasteiger partial charge on any atom is 0.261 e. The van der Waals surface area contributed by atoms with Gasteiger partial charge in [-0.05, 0) is 60.9 Å². The van der Waals surface area contributed by atoms with Crippen LogP contribution in [0.4, 0.5) is 0 Å². The smallest absolute Gasteiger partial charge is 0.261 e. The minimum absolute atomic E-state index is 0. The van der Waals surface area contributed by atoms with E-state index >= 15 is 0 Å². The second kappa shape index (κ2) is 6.18. The van der Waals surface area contributed by atoms with Gasteiger partial charge in [-0.15, -0.1) is 23.7 Å². The molecule has 17 heavy (non-hydrogen) atoms. The highest BCUT2D eigenvalue weighted by atomic mass is 79.9. The van der Waals surface area contributed by atoms with Crippen molar-refractivity contribution in [3.8, 4) is 0 Å². The summed E-state index contributed by atoms with van der Waals surface area (Å²) in [4.78, 5) is 12.8. The summed E-state index contributed by atoms with van der Waals surface area (Å²) in [7, 11) is 0. The summed E-state index contributed by atoms with van der Waals surface area (Å²) in [6, 6.07) is 3.76. The Morgan fingerprint density at radius 2 is 2.12 bits per heavy atom. The number of amides is 1. The van der Waals surface area contributed by atoms with Crippen molar-refractivity contribution in [2.75, 3.05) is 13.1 Å². The van der Waals surface area contributed by atoms with Crippen LogP contribution >= 0.6 is 39.7 Å². The highest BCUT2D eigenvalue weighted by Crippen LogP contribution is 2.24. The molecule has 0 unspecified atom stereocenters. The van der Waals surface area contributed by atoms with Gasteiger partial charge >= 0.3 is 0 Å². The van der Waals surface area contributed by atoms with Gasteiger partial charge in [0.25, 0.3) is 5.91 Å². The molecule has 6 heteroatoms. The Hall–Kier alpha value is -0.100. The minimum atomic E-state index is -0.0567. The second-order valence-electron chi connectivity index (χ2n) is 4.37. The Morgan fingerprint density at radius 1 is 1.47 bits per heavy atom. The molecule has 0 spiro atoms. The number of hydrogen-bond acceptors (Lipinski definition) is 3. The molecule has 2 rings (SSSR count). The van der Waals surface area contributed by atoms with Crippen LogP contribution in [-0.2, 0) is 0 Å². The summed E-state index contributed by atoms with van der Waals surface area (Å²) >= 11 is 4.84. The van der Waals surface area contributed by atoms with Gasteiger partial charge in [-0.1, -0.05) is 0 Å². The third-order valence-electron chi connectivity index (χ3n) is 2.92. The van der Waals surface area contributed by atoms with Gasteiger partial charge in [0.05, 0.1) is 8.66 Å². The van der Waals surface area contributed by atoms with Crippen molar-refractivity contribution in [1.29, 1.82) is 0 Å². The lowest BCUT2D eigenvalue weighted by Gasteiger charge is -2.34. The highest BCUT2D eigenvalue weighted by molar-refractivity contribution is 9.11. The van der Waals surface area contributed by atoms with Crippen molar-refractivity contribution < 1.29 is 4.79 Å². The molecule has 96 valence electrons.